The predicted octanol–water partition coefficient (Wildman–Crippen LogP) is 3.27. The molecule has 0 radical (unpaired) electrons. The Bertz CT molecular complexity index is 826. The van der Waals surface area contributed by atoms with Crippen LogP contribution in [-0.4, -0.2) is 20.9 Å². The Kier molecular flexibility index (Phi) is 5.90. The molecule has 5 nitrogen and oxygen atoms in total. The van der Waals surface area contributed by atoms with E-state index in [1.54, 1.807) is 12.1 Å². The Morgan fingerprint density at radius 1 is 1.09 bits per heavy atom. The molecule has 0 saturated heterocycles. The van der Waals surface area contributed by atoms with Crippen molar-refractivity contribution in [3.05, 3.63) is 57.2 Å². The minimum absolute atomic E-state index is 0.0152. The first-order chi connectivity index (χ1) is 10.8. The Hall–Kier alpha value is -1.29. The molecule has 0 spiro atoms. The molecule has 0 aliphatic rings. The second kappa shape index (κ2) is 7.52. The van der Waals surface area contributed by atoms with Crippen molar-refractivity contribution in [2.24, 2.45) is 0 Å². The molecular formula is C14H11Br2FN2O3S. The van der Waals surface area contributed by atoms with Crippen molar-refractivity contribution in [1.29, 1.82) is 0 Å². The first-order valence-corrected chi connectivity index (χ1v) is 9.35. The summed E-state index contributed by atoms with van der Waals surface area (Å²) in [7, 11) is -3.86. The van der Waals surface area contributed by atoms with E-state index in [2.05, 4.69) is 41.9 Å². The standard InChI is InChI=1S/C14H11Br2FN2O3S/c15-9-1-6-12(16)13(7-9)23(21,22)18-8-14(20)19-11-4-2-10(17)3-5-11/h1-7,18H,8H2,(H,19,20). The fraction of sp³-hybridized carbons (Fsp3) is 0.0714. The Morgan fingerprint density at radius 3 is 2.39 bits per heavy atom. The molecule has 122 valence electrons. The van der Waals surface area contributed by atoms with Crippen LogP contribution in [0.2, 0.25) is 0 Å². The van der Waals surface area contributed by atoms with E-state index in [0.29, 0.717) is 14.6 Å². The number of halogens is 3. The highest BCUT2D eigenvalue weighted by Gasteiger charge is 2.19. The molecule has 0 aliphatic heterocycles. The number of carbonyl (C=O) groups is 1. The molecule has 2 aromatic rings. The molecule has 0 unspecified atom stereocenters. The van der Waals surface area contributed by atoms with Gasteiger partial charge in [-0.15, -0.1) is 0 Å². The van der Waals surface area contributed by atoms with Crippen molar-refractivity contribution in [2.75, 3.05) is 11.9 Å². The quantitative estimate of drug-likeness (QED) is 0.711. The number of sulfonamides is 1. The van der Waals surface area contributed by atoms with E-state index in [1.165, 1.54) is 30.3 Å². The first-order valence-electron chi connectivity index (χ1n) is 6.28. The smallest absolute Gasteiger partial charge is 0.242 e. The van der Waals surface area contributed by atoms with Gasteiger partial charge in [-0.3, -0.25) is 4.79 Å². The zero-order valence-corrected chi connectivity index (χ0v) is 15.5. The summed E-state index contributed by atoms with van der Waals surface area (Å²) in [5, 5.41) is 2.47. The molecular weight excluding hydrogens is 455 g/mol. The van der Waals surface area contributed by atoms with Crippen molar-refractivity contribution in [3.63, 3.8) is 0 Å². The average molecular weight is 466 g/mol. The summed E-state index contributed by atoms with van der Waals surface area (Å²) >= 11 is 6.35. The molecule has 0 bridgehead atoms. The van der Waals surface area contributed by atoms with E-state index in [0.717, 1.165) is 0 Å². The minimum Gasteiger partial charge on any atom is -0.325 e. The van der Waals surface area contributed by atoms with Gasteiger partial charge in [0.2, 0.25) is 15.9 Å². The molecule has 2 N–H and O–H groups in total. The van der Waals surface area contributed by atoms with Crippen molar-refractivity contribution in [1.82, 2.24) is 4.72 Å². The van der Waals surface area contributed by atoms with Gasteiger partial charge in [-0.1, -0.05) is 15.9 Å². The van der Waals surface area contributed by atoms with Crippen molar-refractivity contribution in [2.45, 2.75) is 4.90 Å². The van der Waals surface area contributed by atoms with Gasteiger partial charge in [-0.2, -0.15) is 0 Å². The Balaban J connectivity index is 2.02. The zero-order valence-electron chi connectivity index (χ0n) is 11.5. The second-order valence-corrected chi connectivity index (χ2v) is 7.96. The summed E-state index contributed by atoms with van der Waals surface area (Å²) in [6, 6.07) is 9.84. The van der Waals surface area contributed by atoms with E-state index in [4.69, 9.17) is 0 Å². The molecule has 23 heavy (non-hydrogen) atoms. The normalized spacial score (nSPS) is 11.3. The summed E-state index contributed by atoms with van der Waals surface area (Å²) in [5.74, 6) is -0.991. The van der Waals surface area contributed by atoms with Gasteiger partial charge in [0.1, 0.15) is 5.82 Å². The van der Waals surface area contributed by atoms with Gasteiger partial charge in [0, 0.05) is 14.6 Å². The topological polar surface area (TPSA) is 75.3 Å². The van der Waals surface area contributed by atoms with Crippen LogP contribution in [0.15, 0.2) is 56.3 Å². The van der Waals surface area contributed by atoms with Crippen LogP contribution in [0.25, 0.3) is 0 Å². The van der Waals surface area contributed by atoms with E-state index < -0.39 is 28.3 Å². The third kappa shape index (κ3) is 5.10. The van der Waals surface area contributed by atoms with Gasteiger partial charge in [0.25, 0.3) is 0 Å². The van der Waals surface area contributed by atoms with E-state index in [9.17, 15) is 17.6 Å². The fourth-order valence-electron chi connectivity index (χ4n) is 1.66. The van der Waals surface area contributed by atoms with Crippen molar-refractivity contribution in [3.8, 4) is 0 Å². The number of anilines is 1. The Labute approximate surface area is 149 Å². The molecule has 0 aliphatic carbocycles. The summed E-state index contributed by atoms with van der Waals surface area (Å²) in [5.41, 5.74) is 0.374. The lowest BCUT2D eigenvalue weighted by Crippen LogP contribution is -2.33. The van der Waals surface area contributed by atoms with Crippen LogP contribution < -0.4 is 10.0 Å². The lowest BCUT2D eigenvalue weighted by Gasteiger charge is -2.09. The molecule has 2 aromatic carbocycles. The number of nitrogens with one attached hydrogen (secondary N) is 2. The highest BCUT2D eigenvalue weighted by molar-refractivity contribution is 9.11. The van der Waals surface area contributed by atoms with Crippen LogP contribution in [0.3, 0.4) is 0 Å². The maximum Gasteiger partial charge on any atom is 0.242 e. The lowest BCUT2D eigenvalue weighted by atomic mass is 10.3. The molecule has 9 heteroatoms. The average Bonchev–Trinajstić information content (AvgIpc) is 2.50. The van der Waals surface area contributed by atoms with Gasteiger partial charge in [-0.25, -0.2) is 17.5 Å². The second-order valence-electron chi connectivity index (χ2n) is 4.45. The van der Waals surface area contributed by atoms with Crippen LogP contribution in [0.1, 0.15) is 0 Å². The lowest BCUT2D eigenvalue weighted by molar-refractivity contribution is -0.115. The monoisotopic (exact) mass is 464 g/mol. The van der Waals surface area contributed by atoms with Gasteiger partial charge in [0.15, 0.2) is 0 Å². The van der Waals surface area contributed by atoms with Crippen LogP contribution in [-0.2, 0) is 14.8 Å². The SMILES string of the molecule is O=C(CNS(=O)(=O)c1cc(Br)ccc1Br)Nc1ccc(F)cc1. The van der Waals surface area contributed by atoms with Gasteiger partial charge < -0.3 is 5.32 Å². The van der Waals surface area contributed by atoms with Crippen LogP contribution in [0, 0.1) is 5.82 Å². The molecule has 0 aromatic heterocycles. The van der Waals surface area contributed by atoms with Crippen LogP contribution >= 0.6 is 31.9 Å². The molecule has 2 rings (SSSR count). The van der Waals surface area contributed by atoms with Gasteiger partial charge in [0.05, 0.1) is 11.4 Å². The summed E-state index contributed by atoms with van der Waals surface area (Å²) in [6.07, 6.45) is 0. The zero-order chi connectivity index (χ0) is 17.0. The number of hydrogen-bond acceptors (Lipinski definition) is 3. The number of carbonyl (C=O) groups excluding carboxylic acids is 1. The van der Waals surface area contributed by atoms with Crippen LogP contribution in [0.5, 0.6) is 0 Å². The number of hydrogen-bond donors (Lipinski definition) is 2. The molecule has 1 amide bonds. The molecule has 0 atom stereocenters. The fourth-order valence-corrected chi connectivity index (χ4v) is 4.14. The van der Waals surface area contributed by atoms with Gasteiger partial charge >= 0.3 is 0 Å². The minimum atomic E-state index is -3.86. The summed E-state index contributed by atoms with van der Waals surface area (Å²) in [6.45, 7) is -0.446. The number of amides is 1. The van der Waals surface area contributed by atoms with Crippen molar-refractivity contribution >= 4 is 53.5 Å². The predicted molar refractivity (Wildman–Crippen MR) is 92.1 cm³/mol. The Morgan fingerprint density at radius 2 is 1.74 bits per heavy atom. The van der Waals surface area contributed by atoms with E-state index >= 15 is 0 Å². The van der Waals surface area contributed by atoms with Crippen molar-refractivity contribution < 1.29 is 17.6 Å². The summed E-state index contributed by atoms with van der Waals surface area (Å²) < 4.78 is 40.4. The highest BCUT2D eigenvalue weighted by atomic mass is 79.9. The molecule has 0 heterocycles. The maximum atomic E-state index is 12.8. The summed E-state index contributed by atoms with van der Waals surface area (Å²) in [4.78, 5) is 11.8. The van der Waals surface area contributed by atoms with E-state index in [-0.39, 0.29) is 4.90 Å². The number of rotatable bonds is 5. The third-order valence-corrected chi connectivity index (χ3v) is 5.62. The maximum absolute atomic E-state index is 12.8. The van der Waals surface area contributed by atoms with E-state index in [1.807, 2.05) is 0 Å². The number of benzene rings is 2. The van der Waals surface area contributed by atoms with Crippen LogP contribution in [0.4, 0.5) is 10.1 Å². The highest BCUT2D eigenvalue weighted by Crippen LogP contribution is 2.25. The molecule has 0 fully saturated rings. The first kappa shape index (κ1) is 18.1. The molecule has 0 saturated carbocycles. The third-order valence-electron chi connectivity index (χ3n) is 2.73. The van der Waals surface area contributed by atoms with Gasteiger partial charge in [-0.05, 0) is 58.4 Å². The largest absolute Gasteiger partial charge is 0.325 e.